The predicted molar refractivity (Wildman–Crippen MR) is 124 cm³/mol. The fraction of sp³-hybridized carbons (Fsp3) is 0.360. The minimum absolute atomic E-state index is 0.0902. The van der Waals surface area contributed by atoms with Crippen molar-refractivity contribution in [3.63, 3.8) is 0 Å². The third kappa shape index (κ3) is 5.58. The Morgan fingerprint density at radius 1 is 0.909 bits per heavy atom. The summed E-state index contributed by atoms with van der Waals surface area (Å²) in [7, 11) is 3.13. The Morgan fingerprint density at radius 2 is 1.61 bits per heavy atom. The van der Waals surface area contributed by atoms with E-state index in [1.54, 1.807) is 70.5 Å². The standard InChI is InChI=1S/C25H30N2O6/c1-14(2)32-20-13-17(9-12-19(20)31-6)23-21(24(28)33-15(3)4)22(26-25(29)27-23)16-7-10-18(30-5)11-8-16/h7-15,23H,1-6H3,(H2,26,27,29). The molecule has 0 bridgehead atoms. The first kappa shape index (κ1) is 24.0. The van der Waals surface area contributed by atoms with Gasteiger partial charge in [0.25, 0.3) is 0 Å². The van der Waals surface area contributed by atoms with Crippen LogP contribution >= 0.6 is 0 Å². The van der Waals surface area contributed by atoms with Crippen LogP contribution < -0.4 is 24.8 Å². The molecule has 3 rings (SSSR count). The second-order valence-electron chi connectivity index (χ2n) is 8.08. The molecule has 33 heavy (non-hydrogen) atoms. The molecule has 0 aromatic heterocycles. The van der Waals surface area contributed by atoms with Gasteiger partial charge in [0, 0.05) is 0 Å². The van der Waals surface area contributed by atoms with Crippen molar-refractivity contribution in [1.29, 1.82) is 0 Å². The number of carbonyl (C=O) groups excluding carboxylic acids is 2. The van der Waals surface area contributed by atoms with Gasteiger partial charge in [-0.2, -0.15) is 0 Å². The smallest absolute Gasteiger partial charge is 0.338 e. The van der Waals surface area contributed by atoms with Gasteiger partial charge in [0.2, 0.25) is 0 Å². The maximum absolute atomic E-state index is 13.2. The van der Waals surface area contributed by atoms with E-state index in [1.807, 2.05) is 13.8 Å². The van der Waals surface area contributed by atoms with Gasteiger partial charge in [-0.1, -0.05) is 6.07 Å². The van der Waals surface area contributed by atoms with E-state index in [2.05, 4.69) is 10.6 Å². The van der Waals surface area contributed by atoms with E-state index >= 15 is 0 Å². The average Bonchev–Trinajstić information content (AvgIpc) is 2.77. The van der Waals surface area contributed by atoms with Crippen LogP contribution in [0.25, 0.3) is 5.70 Å². The molecule has 0 saturated carbocycles. The molecule has 1 aliphatic heterocycles. The van der Waals surface area contributed by atoms with Crippen LogP contribution in [0, 0.1) is 0 Å². The molecule has 2 amide bonds. The number of ether oxygens (including phenoxy) is 4. The Labute approximate surface area is 193 Å². The molecule has 8 nitrogen and oxygen atoms in total. The number of nitrogens with one attached hydrogen (secondary N) is 2. The minimum Gasteiger partial charge on any atom is -0.497 e. The molecule has 0 radical (unpaired) electrons. The van der Waals surface area contributed by atoms with Crippen LogP contribution in [-0.2, 0) is 9.53 Å². The SMILES string of the molecule is COc1ccc(C2=C(C(=O)OC(C)C)C(c3ccc(OC)c(OC(C)C)c3)NC(=O)N2)cc1. The predicted octanol–water partition coefficient (Wildman–Crippen LogP) is 4.21. The molecular weight excluding hydrogens is 424 g/mol. The van der Waals surface area contributed by atoms with Gasteiger partial charge >= 0.3 is 12.0 Å². The Kier molecular flexibility index (Phi) is 7.48. The number of hydrogen-bond acceptors (Lipinski definition) is 6. The number of amides is 2. The molecule has 2 aromatic carbocycles. The lowest BCUT2D eigenvalue weighted by Gasteiger charge is -2.30. The highest BCUT2D eigenvalue weighted by atomic mass is 16.5. The van der Waals surface area contributed by atoms with Crippen LogP contribution in [0.4, 0.5) is 4.79 Å². The highest BCUT2D eigenvalue weighted by molar-refractivity contribution is 6.04. The van der Waals surface area contributed by atoms with Gasteiger partial charge in [-0.15, -0.1) is 0 Å². The fourth-order valence-electron chi connectivity index (χ4n) is 3.52. The van der Waals surface area contributed by atoms with Gasteiger partial charge in [0.1, 0.15) is 5.75 Å². The van der Waals surface area contributed by atoms with E-state index in [0.717, 1.165) is 0 Å². The van der Waals surface area contributed by atoms with Gasteiger partial charge in [-0.3, -0.25) is 0 Å². The molecular formula is C25H30N2O6. The molecule has 1 atom stereocenters. The lowest BCUT2D eigenvalue weighted by atomic mass is 9.92. The van der Waals surface area contributed by atoms with Crippen LogP contribution in [0.1, 0.15) is 44.9 Å². The van der Waals surface area contributed by atoms with E-state index in [-0.39, 0.29) is 17.8 Å². The Bertz CT molecular complexity index is 1040. The molecule has 1 unspecified atom stereocenters. The maximum atomic E-state index is 13.2. The number of urea groups is 1. The Balaban J connectivity index is 2.17. The maximum Gasteiger partial charge on any atom is 0.338 e. The Hall–Kier alpha value is -3.68. The van der Waals surface area contributed by atoms with Crippen LogP contribution in [0.5, 0.6) is 17.2 Å². The number of rotatable bonds is 8. The highest BCUT2D eigenvalue weighted by Crippen LogP contribution is 2.37. The quantitative estimate of drug-likeness (QED) is 0.581. The Morgan fingerprint density at radius 3 is 2.18 bits per heavy atom. The number of esters is 1. The summed E-state index contributed by atoms with van der Waals surface area (Å²) >= 11 is 0. The van der Waals surface area contributed by atoms with Gasteiger partial charge in [0.05, 0.1) is 43.7 Å². The van der Waals surface area contributed by atoms with E-state index in [9.17, 15) is 9.59 Å². The lowest BCUT2D eigenvalue weighted by molar-refractivity contribution is -0.143. The summed E-state index contributed by atoms with van der Waals surface area (Å²) in [4.78, 5) is 25.9. The molecule has 2 N–H and O–H groups in total. The number of benzene rings is 2. The first-order valence-corrected chi connectivity index (χ1v) is 10.7. The summed E-state index contributed by atoms with van der Waals surface area (Å²) in [5, 5.41) is 5.62. The fourth-order valence-corrected chi connectivity index (χ4v) is 3.52. The van der Waals surface area contributed by atoms with Crippen LogP contribution in [0.3, 0.4) is 0 Å². The van der Waals surface area contributed by atoms with Crippen molar-refractivity contribution >= 4 is 17.7 Å². The van der Waals surface area contributed by atoms with Crippen molar-refractivity contribution in [2.45, 2.75) is 45.9 Å². The topological polar surface area (TPSA) is 95.1 Å². The van der Waals surface area contributed by atoms with Crippen molar-refractivity contribution in [3.05, 3.63) is 59.2 Å². The summed E-state index contributed by atoms with van der Waals surface area (Å²) in [6, 6.07) is 11.2. The molecule has 0 spiro atoms. The molecule has 2 aromatic rings. The van der Waals surface area contributed by atoms with Crippen molar-refractivity contribution in [3.8, 4) is 17.2 Å². The minimum atomic E-state index is -0.762. The monoisotopic (exact) mass is 454 g/mol. The molecule has 0 fully saturated rings. The average molecular weight is 455 g/mol. The number of methoxy groups -OCH3 is 2. The van der Waals surface area contributed by atoms with E-state index in [4.69, 9.17) is 18.9 Å². The lowest BCUT2D eigenvalue weighted by Crippen LogP contribution is -2.45. The van der Waals surface area contributed by atoms with Crippen LogP contribution in [0.2, 0.25) is 0 Å². The molecule has 176 valence electrons. The van der Waals surface area contributed by atoms with Gasteiger partial charge < -0.3 is 29.6 Å². The van der Waals surface area contributed by atoms with Gasteiger partial charge in [-0.25, -0.2) is 9.59 Å². The molecule has 0 saturated heterocycles. The van der Waals surface area contributed by atoms with Gasteiger partial charge in [-0.05, 0) is 75.2 Å². The van der Waals surface area contributed by atoms with Crippen LogP contribution in [-0.4, -0.2) is 38.4 Å². The summed E-state index contributed by atoms with van der Waals surface area (Å²) in [5.74, 6) is 1.20. The van der Waals surface area contributed by atoms with Gasteiger partial charge in [0.15, 0.2) is 11.5 Å². The zero-order valence-corrected chi connectivity index (χ0v) is 19.7. The first-order valence-electron chi connectivity index (χ1n) is 10.7. The first-order chi connectivity index (χ1) is 15.7. The van der Waals surface area contributed by atoms with Crippen molar-refractivity contribution < 1.29 is 28.5 Å². The van der Waals surface area contributed by atoms with E-state index in [1.165, 1.54) is 0 Å². The summed E-state index contributed by atoms with van der Waals surface area (Å²) < 4.78 is 22.1. The normalized spacial score (nSPS) is 15.8. The molecule has 1 heterocycles. The van der Waals surface area contributed by atoms with Crippen LogP contribution in [0.15, 0.2) is 48.0 Å². The number of hydrogen-bond donors (Lipinski definition) is 2. The number of carbonyl (C=O) groups is 2. The third-order valence-electron chi connectivity index (χ3n) is 4.90. The second-order valence-corrected chi connectivity index (χ2v) is 8.08. The summed E-state index contributed by atoms with van der Waals surface area (Å²) in [6.07, 6.45) is -0.427. The summed E-state index contributed by atoms with van der Waals surface area (Å²) in [6.45, 7) is 7.37. The molecule has 0 aliphatic carbocycles. The highest BCUT2D eigenvalue weighted by Gasteiger charge is 2.35. The molecule has 1 aliphatic rings. The summed E-state index contributed by atoms with van der Waals surface area (Å²) in [5.41, 5.74) is 1.97. The molecule has 8 heteroatoms. The van der Waals surface area contributed by atoms with Crippen molar-refractivity contribution in [2.75, 3.05) is 14.2 Å². The zero-order valence-electron chi connectivity index (χ0n) is 19.7. The largest absolute Gasteiger partial charge is 0.497 e. The van der Waals surface area contributed by atoms with E-state index in [0.29, 0.717) is 34.1 Å². The van der Waals surface area contributed by atoms with Crippen molar-refractivity contribution in [2.24, 2.45) is 0 Å². The van der Waals surface area contributed by atoms with Crippen molar-refractivity contribution in [1.82, 2.24) is 10.6 Å². The second kappa shape index (κ2) is 10.3. The zero-order chi connectivity index (χ0) is 24.1. The van der Waals surface area contributed by atoms with E-state index < -0.39 is 18.0 Å². The third-order valence-corrected chi connectivity index (χ3v) is 4.90.